The molecule has 2 amide bonds. The minimum absolute atomic E-state index is 0.00803. The van der Waals surface area contributed by atoms with E-state index in [-0.39, 0.29) is 29.2 Å². The van der Waals surface area contributed by atoms with Crippen molar-refractivity contribution in [3.63, 3.8) is 0 Å². The zero-order valence-electron chi connectivity index (χ0n) is 16.9. The zero-order chi connectivity index (χ0) is 19.8. The maximum atomic E-state index is 13.1. The largest absolute Gasteiger partial charge is 0.388 e. The Kier molecular flexibility index (Phi) is 5.35. The number of amides is 2. The van der Waals surface area contributed by atoms with Crippen LogP contribution in [-0.4, -0.2) is 40.0 Å². The predicted molar refractivity (Wildman–Crippen MR) is 105 cm³/mol. The third-order valence-corrected chi connectivity index (χ3v) is 5.57. The van der Waals surface area contributed by atoms with Crippen LogP contribution in [0.25, 0.3) is 0 Å². The topological polar surface area (TPSA) is 69.6 Å². The van der Waals surface area contributed by atoms with Crippen LogP contribution in [0.4, 0.5) is 0 Å². The first-order valence-electron chi connectivity index (χ1n) is 9.96. The lowest BCUT2D eigenvalue weighted by Gasteiger charge is -2.49. The van der Waals surface area contributed by atoms with Crippen LogP contribution in [0.2, 0.25) is 0 Å². The predicted octanol–water partition coefficient (Wildman–Crippen LogP) is 3.04. The molecule has 5 nitrogen and oxygen atoms in total. The lowest BCUT2D eigenvalue weighted by atomic mass is 9.78. The number of hydrogen-bond donors (Lipinski definition) is 2. The number of aliphatic hydroxyl groups is 1. The van der Waals surface area contributed by atoms with Crippen molar-refractivity contribution in [3.8, 4) is 0 Å². The van der Waals surface area contributed by atoms with Crippen LogP contribution in [0.15, 0.2) is 30.3 Å². The molecule has 2 aliphatic rings. The van der Waals surface area contributed by atoms with Crippen molar-refractivity contribution in [3.05, 3.63) is 35.9 Å². The Bertz CT molecular complexity index is 689. The highest BCUT2D eigenvalue weighted by Crippen LogP contribution is 2.39. The normalized spacial score (nSPS) is 28.7. The molecule has 0 bridgehead atoms. The van der Waals surface area contributed by atoms with Gasteiger partial charge in [0.25, 0.3) is 0 Å². The average molecular weight is 373 g/mol. The summed E-state index contributed by atoms with van der Waals surface area (Å²) in [6, 6.07) is 8.86. The van der Waals surface area contributed by atoms with Crippen LogP contribution >= 0.6 is 0 Å². The molecule has 1 aliphatic carbocycles. The van der Waals surface area contributed by atoms with Gasteiger partial charge in [0, 0.05) is 18.9 Å². The monoisotopic (exact) mass is 372 g/mol. The van der Waals surface area contributed by atoms with Gasteiger partial charge in [0.1, 0.15) is 0 Å². The van der Waals surface area contributed by atoms with Crippen molar-refractivity contribution in [2.24, 2.45) is 11.3 Å². The number of benzene rings is 1. The summed E-state index contributed by atoms with van der Waals surface area (Å²) in [4.78, 5) is 27.5. The first kappa shape index (κ1) is 19.9. The lowest BCUT2D eigenvalue weighted by Crippen LogP contribution is -2.63. The molecule has 148 valence electrons. The molecule has 0 spiro atoms. The highest BCUT2D eigenvalue weighted by Gasteiger charge is 2.48. The molecular weight excluding hydrogens is 340 g/mol. The van der Waals surface area contributed by atoms with Crippen molar-refractivity contribution in [1.29, 1.82) is 0 Å². The molecule has 3 atom stereocenters. The molecule has 1 heterocycles. The number of carbonyl (C=O) groups is 2. The quantitative estimate of drug-likeness (QED) is 0.853. The van der Waals surface area contributed by atoms with Gasteiger partial charge < -0.3 is 15.3 Å². The van der Waals surface area contributed by atoms with Crippen LogP contribution in [0, 0.1) is 11.3 Å². The molecule has 3 rings (SSSR count). The second-order valence-corrected chi connectivity index (χ2v) is 9.55. The highest BCUT2D eigenvalue weighted by molar-refractivity contribution is 5.82. The summed E-state index contributed by atoms with van der Waals surface area (Å²) in [5.41, 5.74) is -0.241. The number of hydrogen-bond acceptors (Lipinski definition) is 3. The number of carbonyl (C=O) groups excluding carboxylic acids is 2. The van der Waals surface area contributed by atoms with Crippen molar-refractivity contribution < 1.29 is 14.7 Å². The van der Waals surface area contributed by atoms with Crippen LogP contribution in [0.5, 0.6) is 0 Å². The van der Waals surface area contributed by atoms with Crippen LogP contribution in [0.1, 0.15) is 65.0 Å². The Morgan fingerprint density at radius 3 is 2.41 bits per heavy atom. The van der Waals surface area contributed by atoms with E-state index < -0.39 is 11.6 Å². The summed E-state index contributed by atoms with van der Waals surface area (Å²) >= 11 is 0. The summed E-state index contributed by atoms with van der Waals surface area (Å²) in [5, 5.41) is 14.2. The molecule has 2 N–H and O–H groups in total. The van der Waals surface area contributed by atoms with Gasteiger partial charge in [-0.1, -0.05) is 51.1 Å². The number of likely N-dealkylation sites (tertiary alicyclic amines) is 1. The molecule has 3 unspecified atom stereocenters. The molecule has 0 aromatic heterocycles. The number of rotatable bonds is 4. The molecule has 1 aromatic carbocycles. The first-order chi connectivity index (χ1) is 12.6. The maximum absolute atomic E-state index is 13.1. The van der Waals surface area contributed by atoms with Gasteiger partial charge in [-0.05, 0) is 37.2 Å². The Morgan fingerprint density at radius 2 is 1.85 bits per heavy atom. The molecule has 27 heavy (non-hydrogen) atoms. The standard InChI is InChI=1S/C22H32N2O3/c1-21(2,3)14-17(25)24-13-12-22(4,27)19(23-20(26)16-10-11-16)18(24)15-8-6-5-7-9-15/h5-9,16,18-19,27H,10-14H2,1-4H3,(H,23,26). The third kappa shape index (κ3) is 4.70. The molecule has 2 fully saturated rings. The maximum Gasteiger partial charge on any atom is 0.223 e. The van der Waals surface area contributed by atoms with Gasteiger partial charge in [0.15, 0.2) is 0 Å². The van der Waals surface area contributed by atoms with E-state index in [1.165, 1.54) is 0 Å². The number of nitrogens with one attached hydrogen (secondary N) is 1. The second kappa shape index (κ2) is 7.27. The number of piperidine rings is 1. The summed E-state index contributed by atoms with van der Waals surface area (Å²) in [6.45, 7) is 8.41. The fourth-order valence-corrected chi connectivity index (χ4v) is 3.87. The van der Waals surface area contributed by atoms with E-state index in [0.717, 1.165) is 18.4 Å². The Hall–Kier alpha value is -1.88. The molecular formula is C22H32N2O3. The Labute approximate surface area is 162 Å². The van der Waals surface area contributed by atoms with Gasteiger partial charge in [-0.3, -0.25) is 9.59 Å². The van der Waals surface area contributed by atoms with Crippen LogP contribution in [0.3, 0.4) is 0 Å². The minimum atomic E-state index is -1.07. The molecule has 1 aliphatic heterocycles. The van der Waals surface area contributed by atoms with E-state index in [1.54, 1.807) is 6.92 Å². The molecule has 1 aromatic rings. The third-order valence-electron chi connectivity index (χ3n) is 5.57. The average Bonchev–Trinajstić information content (AvgIpc) is 3.40. The van der Waals surface area contributed by atoms with E-state index in [0.29, 0.717) is 19.4 Å². The van der Waals surface area contributed by atoms with E-state index in [1.807, 2.05) is 35.2 Å². The molecule has 0 radical (unpaired) electrons. The van der Waals surface area contributed by atoms with E-state index in [2.05, 4.69) is 26.1 Å². The van der Waals surface area contributed by atoms with Gasteiger partial charge in [-0.15, -0.1) is 0 Å². The highest BCUT2D eigenvalue weighted by atomic mass is 16.3. The Balaban J connectivity index is 1.95. The summed E-state index contributed by atoms with van der Waals surface area (Å²) in [5.74, 6) is 0.113. The fourth-order valence-electron chi connectivity index (χ4n) is 3.87. The summed E-state index contributed by atoms with van der Waals surface area (Å²) in [7, 11) is 0. The zero-order valence-corrected chi connectivity index (χ0v) is 16.9. The first-order valence-corrected chi connectivity index (χ1v) is 9.96. The number of nitrogens with zero attached hydrogens (tertiary/aromatic N) is 1. The lowest BCUT2D eigenvalue weighted by molar-refractivity contribution is -0.148. The minimum Gasteiger partial charge on any atom is -0.388 e. The fraction of sp³-hybridized carbons (Fsp3) is 0.636. The van der Waals surface area contributed by atoms with E-state index in [9.17, 15) is 14.7 Å². The van der Waals surface area contributed by atoms with Gasteiger partial charge in [-0.2, -0.15) is 0 Å². The van der Waals surface area contributed by atoms with E-state index >= 15 is 0 Å². The molecule has 1 saturated heterocycles. The van der Waals surface area contributed by atoms with Crippen molar-refractivity contribution in [1.82, 2.24) is 10.2 Å². The van der Waals surface area contributed by atoms with E-state index in [4.69, 9.17) is 0 Å². The van der Waals surface area contributed by atoms with Crippen molar-refractivity contribution in [2.75, 3.05) is 6.54 Å². The molecule has 1 saturated carbocycles. The SMILES string of the molecule is CC(C)(C)CC(=O)N1CCC(C)(O)C(NC(=O)C2CC2)C1c1ccccc1. The van der Waals surface area contributed by atoms with Gasteiger partial charge in [0.05, 0.1) is 17.7 Å². The summed E-state index contributed by atoms with van der Waals surface area (Å²) < 4.78 is 0. The summed E-state index contributed by atoms with van der Waals surface area (Å²) in [6.07, 6.45) is 2.69. The molecule has 5 heteroatoms. The van der Waals surface area contributed by atoms with Gasteiger partial charge >= 0.3 is 0 Å². The smallest absolute Gasteiger partial charge is 0.223 e. The van der Waals surface area contributed by atoms with Gasteiger partial charge in [0.2, 0.25) is 11.8 Å². The van der Waals surface area contributed by atoms with Gasteiger partial charge in [-0.25, -0.2) is 0 Å². The Morgan fingerprint density at radius 1 is 1.22 bits per heavy atom. The van der Waals surface area contributed by atoms with Crippen LogP contribution < -0.4 is 5.32 Å². The van der Waals surface area contributed by atoms with Crippen LogP contribution in [-0.2, 0) is 9.59 Å². The van der Waals surface area contributed by atoms with Crippen molar-refractivity contribution in [2.45, 2.75) is 71.1 Å². The van der Waals surface area contributed by atoms with Crippen molar-refractivity contribution >= 4 is 11.8 Å². The second-order valence-electron chi connectivity index (χ2n) is 9.55.